The summed E-state index contributed by atoms with van der Waals surface area (Å²) in [5.41, 5.74) is -3.97. The fourth-order valence-electron chi connectivity index (χ4n) is 3.90. The van der Waals surface area contributed by atoms with E-state index in [9.17, 15) is 33.1 Å². The minimum Gasteiger partial charge on any atom is -0.363 e. The number of thioether (sulfide) groups is 1. The third kappa shape index (κ3) is 5.39. The lowest BCUT2D eigenvalue weighted by Crippen LogP contribution is -2.66. The molecule has 192 valence electrons. The molecule has 3 atom stereocenters. The van der Waals surface area contributed by atoms with Gasteiger partial charge in [0.05, 0.1) is 33.2 Å². The van der Waals surface area contributed by atoms with Gasteiger partial charge in [0.1, 0.15) is 0 Å². The van der Waals surface area contributed by atoms with Gasteiger partial charge in [0.25, 0.3) is 0 Å². The number of Topliss-reactive ketones (excluding diaryl/α,β-unsaturated/α-hetero) is 1. The van der Waals surface area contributed by atoms with Crippen molar-refractivity contribution in [1.29, 1.82) is 5.26 Å². The third-order valence-electron chi connectivity index (χ3n) is 5.51. The number of nitriles is 1. The molecule has 3 aromatic rings. The number of amides is 1. The molecular formula is C23H16ClF3N4O3S3. The van der Waals surface area contributed by atoms with Crippen molar-refractivity contribution < 1.29 is 27.9 Å². The predicted molar refractivity (Wildman–Crippen MR) is 136 cm³/mol. The van der Waals surface area contributed by atoms with Crippen LogP contribution in [0.15, 0.2) is 64.0 Å². The highest BCUT2D eigenvalue weighted by Crippen LogP contribution is 2.52. The summed E-state index contributed by atoms with van der Waals surface area (Å²) in [4.78, 5) is 29.8. The largest absolute Gasteiger partial charge is 0.437 e. The van der Waals surface area contributed by atoms with E-state index in [1.807, 2.05) is 11.4 Å². The van der Waals surface area contributed by atoms with Crippen LogP contribution in [0.4, 0.5) is 18.3 Å². The first-order valence-corrected chi connectivity index (χ1v) is 13.5. The fourth-order valence-corrected chi connectivity index (χ4v) is 6.31. The summed E-state index contributed by atoms with van der Waals surface area (Å²) in [5.74, 6) is -5.75. The number of carbonyl (C=O) groups is 2. The van der Waals surface area contributed by atoms with Crippen molar-refractivity contribution in [3.63, 3.8) is 0 Å². The predicted octanol–water partition coefficient (Wildman–Crippen LogP) is 5.40. The number of hydrogen-bond acceptors (Lipinski definition) is 9. The van der Waals surface area contributed by atoms with Gasteiger partial charge in [-0.05, 0) is 23.1 Å². The molecular weight excluding hydrogens is 569 g/mol. The number of thiazole rings is 1. The zero-order chi connectivity index (χ0) is 26.8. The van der Waals surface area contributed by atoms with Crippen LogP contribution in [0.25, 0.3) is 0 Å². The van der Waals surface area contributed by atoms with Gasteiger partial charge in [-0.3, -0.25) is 9.59 Å². The van der Waals surface area contributed by atoms with Crippen LogP contribution in [0.3, 0.4) is 0 Å². The molecule has 0 aliphatic carbocycles. The Kier molecular flexibility index (Phi) is 7.96. The average molecular weight is 585 g/mol. The van der Waals surface area contributed by atoms with Crippen LogP contribution in [0, 0.1) is 17.2 Å². The Morgan fingerprint density at radius 1 is 1.24 bits per heavy atom. The number of hydrogen-bond donors (Lipinski definition) is 3. The lowest BCUT2D eigenvalue weighted by atomic mass is 9.70. The molecule has 3 heterocycles. The zero-order valence-electron chi connectivity index (χ0n) is 18.5. The van der Waals surface area contributed by atoms with Crippen LogP contribution in [-0.2, 0) is 4.79 Å². The molecule has 3 N–H and O–H groups in total. The van der Waals surface area contributed by atoms with Crippen LogP contribution in [0.1, 0.15) is 21.2 Å². The maximum atomic E-state index is 14.5. The Morgan fingerprint density at radius 3 is 2.59 bits per heavy atom. The number of alkyl halides is 3. The van der Waals surface area contributed by atoms with Crippen LogP contribution in [-0.4, -0.2) is 39.4 Å². The van der Waals surface area contributed by atoms with Gasteiger partial charge in [-0.25, -0.2) is 4.98 Å². The van der Waals surface area contributed by atoms with Gasteiger partial charge in [0.15, 0.2) is 10.9 Å². The molecule has 7 nitrogen and oxygen atoms in total. The molecule has 0 saturated heterocycles. The van der Waals surface area contributed by atoms with Gasteiger partial charge in [-0.15, -0.1) is 22.7 Å². The molecule has 2 aromatic heterocycles. The minimum absolute atomic E-state index is 0.0153. The van der Waals surface area contributed by atoms with E-state index < -0.39 is 46.2 Å². The summed E-state index contributed by atoms with van der Waals surface area (Å²) in [5, 5.41) is 28.8. The quantitative estimate of drug-likeness (QED) is 0.318. The Morgan fingerprint density at radius 2 is 2.00 bits per heavy atom. The van der Waals surface area contributed by atoms with Crippen LogP contribution < -0.4 is 10.6 Å². The number of aromatic nitrogens is 1. The van der Waals surface area contributed by atoms with Gasteiger partial charge >= 0.3 is 6.18 Å². The maximum absolute atomic E-state index is 14.5. The summed E-state index contributed by atoms with van der Waals surface area (Å²) in [6.07, 6.45) is -3.88. The molecule has 14 heteroatoms. The van der Waals surface area contributed by atoms with Crippen LogP contribution >= 0.6 is 46.0 Å². The van der Waals surface area contributed by atoms with Crippen molar-refractivity contribution in [3.05, 3.63) is 79.4 Å². The van der Waals surface area contributed by atoms with E-state index in [0.717, 1.165) is 22.7 Å². The number of allylic oxidation sites excluding steroid dienone is 1. The van der Waals surface area contributed by atoms with Crippen molar-refractivity contribution in [1.82, 2.24) is 10.3 Å². The van der Waals surface area contributed by atoms with Crippen LogP contribution in [0.2, 0.25) is 5.02 Å². The SMILES string of the molecule is N#CC1=C(SCC(=O)Nc2nccs2)N[C@@](O)(C(F)(F)F)[C@@H](C(=O)c2cccs2)[C@H]1c1ccccc1Cl. The minimum atomic E-state index is -5.35. The summed E-state index contributed by atoms with van der Waals surface area (Å²) in [6, 6.07) is 10.6. The normalized spacial score (nSPS) is 21.7. The first-order valence-electron chi connectivity index (χ1n) is 10.4. The molecule has 1 aliphatic heterocycles. The monoisotopic (exact) mass is 584 g/mol. The second-order valence-corrected chi connectivity index (χ2v) is 11.0. The van der Waals surface area contributed by atoms with E-state index in [1.165, 1.54) is 41.9 Å². The smallest absolute Gasteiger partial charge is 0.363 e. The highest BCUT2D eigenvalue weighted by atomic mass is 35.5. The second kappa shape index (κ2) is 10.8. The molecule has 1 aliphatic rings. The number of aliphatic hydroxyl groups is 1. The number of ketones is 1. The van der Waals surface area contributed by atoms with Crippen molar-refractivity contribution >= 4 is 62.9 Å². The third-order valence-corrected chi connectivity index (χ3v) is 8.44. The van der Waals surface area contributed by atoms with Gasteiger partial charge in [0, 0.05) is 22.5 Å². The zero-order valence-corrected chi connectivity index (χ0v) is 21.7. The van der Waals surface area contributed by atoms with Crippen molar-refractivity contribution in [2.45, 2.75) is 17.8 Å². The number of anilines is 1. The second-order valence-electron chi connectivity index (χ2n) is 7.74. The topological polar surface area (TPSA) is 115 Å². The molecule has 1 amide bonds. The van der Waals surface area contributed by atoms with Crippen molar-refractivity contribution in [3.8, 4) is 6.07 Å². The van der Waals surface area contributed by atoms with Crippen molar-refractivity contribution in [2.75, 3.05) is 11.1 Å². The number of nitrogens with zero attached hydrogens (tertiary/aromatic N) is 2. The molecule has 0 saturated carbocycles. The number of nitrogens with one attached hydrogen (secondary N) is 2. The molecule has 1 aromatic carbocycles. The molecule has 0 bridgehead atoms. The van der Waals surface area contributed by atoms with E-state index >= 15 is 0 Å². The highest BCUT2D eigenvalue weighted by Gasteiger charge is 2.66. The highest BCUT2D eigenvalue weighted by molar-refractivity contribution is 8.03. The van der Waals surface area contributed by atoms with Gasteiger partial charge in [-0.1, -0.05) is 47.6 Å². The standard InChI is InChI=1S/C23H16ClF3N4O3S3/c24-14-5-2-1-4-12(14)17-13(10-28)20(37-11-16(32)30-21-29-7-9-36-21)31-22(34,23(25,26)27)18(17)19(33)15-6-3-8-35-15/h1-9,17-18,31,34H,11H2,(H,29,30,32)/t17-,18+,22-/m0/s1. The maximum Gasteiger partial charge on any atom is 0.437 e. The number of rotatable bonds is 7. The number of carbonyl (C=O) groups excluding carboxylic acids is 2. The van der Waals surface area contributed by atoms with E-state index in [4.69, 9.17) is 11.6 Å². The average Bonchev–Trinajstić information content (AvgIpc) is 3.56. The Bertz CT molecular complexity index is 1370. The summed E-state index contributed by atoms with van der Waals surface area (Å²) >= 11 is 8.99. The first-order chi connectivity index (χ1) is 17.6. The molecule has 0 fully saturated rings. The number of halogens is 4. The molecule has 0 radical (unpaired) electrons. The van der Waals surface area contributed by atoms with E-state index in [0.29, 0.717) is 16.9 Å². The van der Waals surface area contributed by atoms with E-state index in [-0.39, 0.29) is 21.0 Å². The summed E-state index contributed by atoms with van der Waals surface area (Å²) < 4.78 is 43.6. The molecule has 0 unspecified atom stereocenters. The number of benzene rings is 1. The Labute approximate surface area is 226 Å². The van der Waals surface area contributed by atoms with Crippen LogP contribution in [0.5, 0.6) is 0 Å². The Balaban J connectivity index is 1.83. The lowest BCUT2D eigenvalue weighted by Gasteiger charge is -2.45. The van der Waals surface area contributed by atoms with Crippen molar-refractivity contribution in [2.24, 2.45) is 5.92 Å². The molecule has 0 spiro atoms. The van der Waals surface area contributed by atoms with Gasteiger partial charge < -0.3 is 15.7 Å². The fraction of sp³-hybridized carbons (Fsp3) is 0.217. The first kappa shape index (κ1) is 27.2. The lowest BCUT2D eigenvalue weighted by molar-refractivity contribution is -0.285. The number of thiophene rings is 1. The molecule has 4 rings (SSSR count). The van der Waals surface area contributed by atoms with Gasteiger partial charge in [0.2, 0.25) is 11.6 Å². The van der Waals surface area contributed by atoms with Gasteiger partial charge in [-0.2, -0.15) is 18.4 Å². The summed E-state index contributed by atoms with van der Waals surface area (Å²) in [6.45, 7) is 0. The van der Waals surface area contributed by atoms with E-state index in [1.54, 1.807) is 11.4 Å². The Hall–Kier alpha value is -2.89. The molecule has 37 heavy (non-hydrogen) atoms. The summed E-state index contributed by atoms with van der Waals surface area (Å²) in [7, 11) is 0. The van der Waals surface area contributed by atoms with E-state index in [2.05, 4.69) is 10.3 Å².